The molecule has 0 radical (unpaired) electrons. The van der Waals surface area contributed by atoms with Gasteiger partial charge in [0.05, 0.1) is 12.1 Å². The number of benzene rings is 2. The second kappa shape index (κ2) is 6.60. The van der Waals surface area contributed by atoms with Gasteiger partial charge in [-0.25, -0.2) is 8.78 Å². The van der Waals surface area contributed by atoms with Gasteiger partial charge in [0.15, 0.2) is 0 Å². The van der Waals surface area contributed by atoms with Crippen molar-refractivity contribution >= 4 is 23.2 Å². The van der Waals surface area contributed by atoms with E-state index in [9.17, 15) is 8.78 Å². The molecule has 2 aromatic rings. The summed E-state index contributed by atoms with van der Waals surface area (Å²) in [5, 5.41) is 0.668. The van der Waals surface area contributed by atoms with Crippen LogP contribution in [-0.4, -0.2) is 7.11 Å². The van der Waals surface area contributed by atoms with E-state index in [-0.39, 0.29) is 12.0 Å². The molecular weight excluding hydrogens is 319 g/mol. The van der Waals surface area contributed by atoms with E-state index in [0.29, 0.717) is 21.4 Å². The summed E-state index contributed by atoms with van der Waals surface area (Å²) in [6, 6.07) is 6.06. The summed E-state index contributed by atoms with van der Waals surface area (Å²) < 4.78 is 32.3. The van der Waals surface area contributed by atoms with Crippen molar-refractivity contribution in [3.63, 3.8) is 0 Å². The van der Waals surface area contributed by atoms with E-state index >= 15 is 0 Å². The molecule has 0 saturated heterocycles. The lowest BCUT2D eigenvalue weighted by molar-refractivity contribution is 0.414. The van der Waals surface area contributed by atoms with Crippen LogP contribution in [0.25, 0.3) is 0 Å². The van der Waals surface area contributed by atoms with Gasteiger partial charge in [-0.1, -0.05) is 29.3 Å². The van der Waals surface area contributed by atoms with Crippen molar-refractivity contribution < 1.29 is 13.5 Å². The summed E-state index contributed by atoms with van der Waals surface area (Å²) in [6.07, 6.45) is -0.0269. The summed E-state index contributed by atoms with van der Waals surface area (Å²) in [5.74, 6) is -0.864. The number of nitrogens with two attached hydrogens (primary N) is 1. The van der Waals surface area contributed by atoms with Crippen LogP contribution in [0.4, 0.5) is 8.78 Å². The van der Waals surface area contributed by atoms with Crippen molar-refractivity contribution in [2.75, 3.05) is 7.11 Å². The molecule has 0 fully saturated rings. The van der Waals surface area contributed by atoms with E-state index in [1.165, 1.54) is 31.4 Å². The van der Waals surface area contributed by atoms with E-state index in [1.54, 1.807) is 6.07 Å². The van der Waals surface area contributed by atoms with Gasteiger partial charge in [0.2, 0.25) is 0 Å². The number of rotatable bonds is 4. The van der Waals surface area contributed by atoms with Crippen LogP contribution < -0.4 is 10.5 Å². The first-order valence-electron chi connectivity index (χ1n) is 6.15. The summed E-state index contributed by atoms with van der Waals surface area (Å²) in [6.45, 7) is 0. The van der Waals surface area contributed by atoms with Gasteiger partial charge in [0.1, 0.15) is 17.4 Å². The molecule has 0 aliphatic heterocycles. The van der Waals surface area contributed by atoms with Crippen LogP contribution in [0.2, 0.25) is 10.0 Å². The topological polar surface area (TPSA) is 35.2 Å². The Labute approximate surface area is 131 Å². The molecule has 0 saturated carbocycles. The Balaban J connectivity index is 2.33. The molecule has 2 N–H and O–H groups in total. The lowest BCUT2D eigenvalue weighted by Gasteiger charge is -2.16. The van der Waals surface area contributed by atoms with Crippen LogP contribution in [0.5, 0.6) is 5.75 Å². The van der Waals surface area contributed by atoms with Gasteiger partial charge in [0.25, 0.3) is 0 Å². The Morgan fingerprint density at radius 1 is 1.14 bits per heavy atom. The molecule has 2 nitrogen and oxygen atoms in total. The first kappa shape index (κ1) is 16.0. The zero-order chi connectivity index (χ0) is 15.6. The minimum Gasteiger partial charge on any atom is -0.495 e. The van der Waals surface area contributed by atoms with Crippen molar-refractivity contribution in [2.24, 2.45) is 5.73 Å². The molecule has 1 unspecified atom stereocenters. The molecule has 0 spiro atoms. The van der Waals surface area contributed by atoms with Crippen LogP contribution in [0.15, 0.2) is 30.3 Å². The summed E-state index contributed by atoms with van der Waals surface area (Å²) in [5.41, 5.74) is 6.44. The quantitative estimate of drug-likeness (QED) is 0.893. The lowest BCUT2D eigenvalue weighted by Crippen LogP contribution is -2.16. The highest BCUT2D eigenvalue weighted by Crippen LogP contribution is 2.34. The summed E-state index contributed by atoms with van der Waals surface area (Å²) in [4.78, 5) is 0. The van der Waals surface area contributed by atoms with E-state index in [2.05, 4.69) is 0 Å². The number of hydrogen-bond donors (Lipinski definition) is 1. The highest BCUT2D eigenvalue weighted by atomic mass is 35.5. The molecule has 1 atom stereocenters. The number of halogens is 4. The van der Waals surface area contributed by atoms with E-state index in [0.717, 1.165) is 0 Å². The maximum Gasteiger partial charge on any atom is 0.138 e. The monoisotopic (exact) mass is 331 g/mol. The Morgan fingerprint density at radius 2 is 1.76 bits per heavy atom. The van der Waals surface area contributed by atoms with Crippen LogP contribution in [0.1, 0.15) is 17.2 Å². The van der Waals surface area contributed by atoms with Crippen molar-refractivity contribution in [1.82, 2.24) is 0 Å². The van der Waals surface area contributed by atoms with Gasteiger partial charge >= 0.3 is 0 Å². The molecule has 2 aromatic carbocycles. The van der Waals surface area contributed by atoms with Crippen molar-refractivity contribution in [2.45, 2.75) is 12.5 Å². The molecule has 112 valence electrons. The second-order valence-electron chi connectivity index (χ2n) is 4.52. The van der Waals surface area contributed by atoms with E-state index in [1.807, 2.05) is 0 Å². The predicted octanol–water partition coefficient (Wildman–Crippen LogP) is 4.52. The average molecular weight is 332 g/mol. The molecule has 6 heteroatoms. The smallest absolute Gasteiger partial charge is 0.138 e. The molecule has 0 bridgehead atoms. The highest BCUT2D eigenvalue weighted by Gasteiger charge is 2.18. The predicted molar refractivity (Wildman–Crippen MR) is 80.0 cm³/mol. The maximum atomic E-state index is 13.7. The lowest BCUT2D eigenvalue weighted by atomic mass is 9.98. The normalized spacial score (nSPS) is 12.3. The molecule has 21 heavy (non-hydrogen) atoms. The minimum atomic E-state index is -0.688. The van der Waals surface area contributed by atoms with Crippen LogP contribution in [0, 0.1) is 11.6 Å². The van der Waals surface area contributed by atoms with Crippen LogP contribution in [0.3, 0.4) is 0 Å². The Bertz CT molecular complexity index is 644. The fraction of sp³-hybridized carbons (Fsp3) is 0.200. The molecule has 0 aliphatic carbocycles. The average Bonchev–Trinajstić information content (AvgIpc) is 2.44. The fourth-order valence-electron chi connectivity index (χ4n) is 2.04. The molecule has 2 rings (SSSR count). The summed E-state index contributed by atoms with van der Waals surface area (Å²) in [7, 11) is 1.46. The third-order valence-electron chi connectivity index (χ3n) is 3.16. The fourth-order valence-corrected chi connectivity index (χ4v) is 2.58. The Morgan fingerprint density at radius 3 is 2.33 bits per heavy atom. The SMILES string of the molecule is COc1cc(Cl)c(C(N)Cc2c(F)cccc2F)cc1Cl. The second-order valence-corrected chi connectivity index (χ2v) is 5.33. The van der Waals surface area contributed by atoms with Crippen molar-refractivity contribution in [1.29, 1.82) is 0 Å². The maximum absolute atomic E-state index is 13.7. The Hall–Kier alpha value is -1.36. The van der Waals surface area contributed by atoms with Gasteiger partial charge in [-0.05, 0) is 30.2 Å². The van der Waals surface area contributed by atoms with Gasteiger partial charge in [-0.3, -0.25) is 0 Å². The van der Waals surface area contributed by atoms with Gasteiger partial charge in [-0.15, -0.1) is 0 Å². The third-order valence-corrected chi connectivity index (χ3v) is 3.78. The van der Waals surface area contributed by atoms with E-state index < -0.39 is 17.7 Å². The first-order chi connectivity index (χ1) is 9.93. The largest absolute Gasteiger partial charge is 0.495 e. The number of hydrogen-bond acceptors (Lipinski definition) is 2. The van der Waals surface area contributed by atoms with Gasteiger partial charge in [-0.2, -0.15) is 0 Å². The molecule has 0 aliphatic rings. The standard InChI is InChI=1S/C15H13Cl2F2NO/c1-21-15-7-10(16)8(5-11(15)17)14(20)6-9-12(18)3-2-4-13(9)19/h2-5,7,14H,6,20H2,1H3. The third kappa shape index (κ3) is 3.46. The van der Waals surface area contributed by atoms with Gasteiger partial charge < -0.3 is 10.5 Å². The van der Waals surface area contributed by atoms with Crippen molar-refractivity contribution in [3.05, 3.63) is 63.1 Å². The molecule has 0 heterocycles. The molecule has 0 aromatic heterocycles. The zero-order valence-corrected chi connectivity index (χ0v) is 12.7. The molecular formula is C15H13Cl2F2NO. The van der Waals surface area contributed by atoms with Crippen LogP contribution in [-0.2, 0) is 6.42 Å². The first-order valence-corrected chi connectivity index (χ1v) is 6.91. The zero-order valence-electron chi connectivity index (χ0n) is 11.2. The number of ether oxygens (including phenoxy) is 1. The van der Waals surface area contributed by atoms with Crippen LogP contribution >= 0.6 is 23.2 Å². The van der Waals surface area contributed by atoms with Crippen molar-refractivity contribution in [3.8, 4) is 5.75 Å². The minimum absolute atomic E-state index is 0.0269. The highest BCUT2D eigenvalue weighted by molar-refractivity contribution is 6.34. The van der Waals surface area contributed by atoms with Gasteiger partial charge in [0, 0.05) is 22.7 Å². The number of methoxy groups -OCH3 is 1. The van der Waals surface area contributed by atoms with E-state index in [4.69, 9.17) is 33.7 Å². The Kier molecular flexibility index (Phi) is 5.04. The summed E-state index contributed by atoms with van der Waals surface area (Å²) >= 11 is 12.1. The molecule has 0 amide bonds.